The maximum atomic E-state index is 13.6. The predicted molar refractivity (Wildman–Crippen MR) is 257 cm³/mol. The van der Waals surface area contributed by atoms with E-state index in [1.807, 2.05) is 35.8 Å². The van der Waals surface area contributed by atoms with Gasteiger partial charge in [-0.15, -0.1) is 0 Å². The summed E-state index contributed by atoms with van der Waals surface area (Å²) >= 11 is 0. The lowest BCUT2D eigenvalue weighted by atomic mass is 10.0. The lowest BCUT2D eigenvalue weighted by Crippen LogP contribution is -2.29. The van der Waals surface area contributed by atoms with Crippen LogP contribution in [0.15, 0.2) is 24.3 Å². The van der Waals surface area contributed by atoms with Gasteiger partial charge in [0.25, 0.3) is 0 Å². The number of pyridine rings is 1. The van der Waals surface area contributed by atoms with Crippen molar-refractivity contribution >= 4 is 47.3 Å². The number of nitrogen functional groups attached to an aromatic ring is 1. The highest BCUT2D eigenvalue weighted by molar-refractivity contribution is 7.52. The van der Waals surface area contributed by atoms with Crippen molar-refractivity contribution in [1.82, 2.24) is 14.5 Å². The van der Waals surface area contributed by atoms with Gasteiger partial charge in [-0.25, -0.2) is 9.97 Å². The molecule has 0 amide bonds. The average Bonchev–Trinajstić information content (AvgIpc) is 3.65. The van der Waals surface area contributed by atoms with Crippen LogP contribution in [0, 0.1) is 0 Å². The van der Waals surface area contributed by atoms with Gasteiger partial charge in [0.15, 0.2) is 11.9 Å². The van der Waals surface area contributed by atoms with Crippen molar-refractivity contribution in [1.29, 1.82) is 0 Å². The summed E-state index contributed by atoms with van der Waals surface area (Å²) in [5.74, 6) is -0.00378. The van der Waals surface area contributed by atoms with E-state index in [-0.39, 0.29) is 57.2 Å². The minimum atomic E-state index is -4.24. The monoisotopic (exact) mass is 901 g/mol. The van der Waals surface area contributed by atoms with E-state index >= 15 is 0 Å². The van der Waals surface area contributed by atoms with Crippen LogP contribution in [0.25, 0.3) is 21.9 Å². The lowest BCUT2D eigenvalue weighted by molar-refractivity contribution is -0.161. The summed E-state index contributed by atoms with van der Waals surface area (Å²) < 4.78 is 38.0. The summed E-state index contributed by atoms with van der Waals surface area (Å²) in [6, 6.07) is 7.54. The summed E-state index contributed by atoms with van der Waals surface area (Å²) in [4.78, 5) is 46.1. The van der Waals surface area contributed by atoms with Gasteiger partial charge in [-0.1, -0.05) is 186 Å². The van der Waals surface area contributed by atoms with Gasteiger partial charge in [-0.2, -0.15) is 0 Å². The average molecular weight is 901 g/mol. The van der Waals surface area contributed by atoms with E-state index in [4.69, 9.17) is 29.5 Å². The minimum absolute atomic E-state index is 0.0811. The Kier molecular flexibility index (Phi) is 28.8. The Morgan fingerprint density at radius 3 is 1.70 bits per heavy atom. The number of esters is 2. The Balaban J connectivity index is 1.49. The van der Waals surface area contributed by atoms with Gasteiger partial charge in [0.05, 0.1) is 23.8 Å². The maximum absolute atomic E-state index is 13.6. The van der Waals surface area contributed by atoms with Gasteiger partial charge in [-0.05, 0) is 25.8 Å². The lowest BCUT2D eigenvalue weighted by Gasteiger charge is -2.20. The van der Waals surface area contributed by atoms with Gasteiger partial charge < -0.3 is 33.9 Å². The molecular weight excluding hydrogens is 816 g/mol. The molecule has 63 heavy (non-hydrogen) atoms. The third-order valence-corrected chi connectivity index (χ3v) is 13.2. The van der Waals surface area contributed by atoms with Gasteiger partial charge in [0.1, 0.15) is 24.6 Å². The number of imidazole rings is 1. The number of anilines is 1. The number of rotatable bonds is 40. The Morgan fingerprint density at radius 2 is 1.17 bits per heavy atom. The highest BCUT2D eigenvalue weighted by Gasteiger charge is 2.27. The molecule has 0 aliphatic rings. The second kappa shape index (κ2) is 33.4. The van der Waals surface area contributed by atoms with Gasteiger partial charge in [0.2, 0.25) is 0 Å². The van der Waals surface area contributed by atoms with Crippen LogP contribution in [0.2, 0.25) is 0 Å². The first-order chi connectivity index (χ1) is 30.7. The maximum Gasteiger partial charge on any atom is 0.330 e. The number of aromatic nitrogens is 3. The molecule has 0 radical (unpaired) electrons. The number of nitrogens with zero attached hydrogens (tertiary/aromatic N) is 3. The molecule has 0 fully saturated rings. The molecule has 358 valence electrons. The van der Waals surface area contributed by atoms with Crippen molar-refractivity contribution in [3.63, 3.8) is 0 Å². The van der Waals surface area contributed by atoms with Gasteiger partial charge in [0, 0.05) is 31.4 Å². The van der Waals surface area contributed by atoms with E-state index in [1.54, 1.807) is 0 Å². The summed E-state index contributed by atoms with van der Waals surface area (Å²) in [6.45, 7) is 6.47. The molecule has 3 aromatic rings. The first-order valence-electron chi connectivity index (χ1n) is 25.1. The van der Waals surface area contributed by atoms with Crippen LogP contribution in [-0.4, -0.2) is 63.5 Å². The molecule has 3 N–H and O–H groups in total. The fraction of sp³-hybridized carbons (Fsp3) is 0.760. The molecule has 0 aliphatic carbocycles. The summed E-state index contributed by atoms with van der Waals surface area (Å²) in [6.07, 6.45) is 30.6. The topological polar surface area (TPSA) is 165 Å². The molecule has 1 aromatic carbocycles. The van der Waals surface area contributed by atoms with Crippen LogP contribution in [0.4, 0.5) is 5.82 Å². The molecule has 12 nitrogen and oxygen atoms in total. The molecule has 2 heterocycles. The minimum Gasteiger partial charge on any atom is -0.462 e. The number of carbonyl (C=O) groups excluding carboxylic acids is 2. The number of nitrogens with two attached hydrogens (primary N) is 1. The van der Waals surface area contributed by atoms with E-state index in [0.717, 1.165) is 43.9 Å². The Bertz CT molecular complexity index is 1740. The van der Waals surface area contributed by atoms with Crippen molar-refractivity contribution in [2.75, 3.05) is 31.7 Å². The molecule has 3 rings (SSSR count). The molecular formula is C50H85N4O8P. The molecule has 0 saturated carbocycles. The predicted octanol–water partition coefficient (Wildman–Crippen LogP) is 13.3. The van der Waals surface area contributed by atoms with Crippen molar-refractivity contribution in [2.45, 2.75) is 220 Å². The largest absolute Gasteiger partial charge is 0.462 e. The zero-order valence-corrected chi connectivity index (χ0v) is 40.5. The van der Waals surface area contributed by atoms with Crippen LogP contribution in [-0.2, 0) is 46.0 Å². The molecule has 13 heteroatoms. The Labute approximate surface area is 380 Å². The van der Waals surface area contributed by atoms with E-state index in [0.29, 0.717) is 35.4 Å². The third kappa shape index (κ3) is 23.1. The van der Waals surface area contributed by atoms with Crippen molar-refractivity contribution < 1.29 is 37.8 Å². The normalized spacial score (nSPS) is 13.1. The second-order valence-corrected chi connectivity index (χ2v) is 19.4. The standard InChI is InChI=1S/C50H85N4O8P/c1-4-7-9-11-13-15-17-19-21-23-25-27-29-35-46(55)60-39-42(62-47(56)36-30-28-26-24-22-20-18-16-14-12-10-8-5-2)40-61-63(57,58)38-37-54-45(41-59-6-3)53-48-49(54)43-33-31-32-34-44(43)52-50(48)51/h31-34,42H,4-30,35-41H2,1-3H3,(H2,51,52)(H,57,58). The number of ether oxygens (including phenoxy) is 3. The summed E-state index contributed by atoms with van der Waals surface area (Å²) in [5, 5.41) is 0.807. The van der Waals surface area contributed by atoms with Crippen LogP contribution in [0.1, 0.15) is 206 Å². The molecule has 0 spiro atoms. The Hall–Kier alpha value is -3.05. The van der Waals surface area contributed by atoms with Crippen molar-refractivity contribution in [3.8, 4) is 0 Å². The number of unbranched alkanes of at least 4 members (excludes halogenated alkanes) is 24. The molecule has 0 aliphatic heterocycles. The summed E-state index contributed by atoms with van der Waals surface area (Å²) in [7, 11) is -4.24. The Morgan fingerprint density at radius 1 is 0.683 bits per heavy atom. The molecule has 2 unspecified atom stereocenters. The first kappa shape index (κ1) is 54.3. The molecule has 2 aromatic heterocycles. The van der Waals surface area contributed by atoms with Gasteiger partial charge >= 0.3 is 19.5 Å². The number of hydrogen-bond acceptors (Lipinski definition) is 10. The van der Waals surface area contributed by atoms with Crippen LogP contribution < -0.4 is 5.73 Å². The van der Waals surface area contributed by atoms with E-state index in [9.17, 15) is 19.0 Å². The number of fused-ring (bicyclic) bond motifs is 3. The number of para-hydroxylation sites is 1. The summed E-state index contributed by atoms with van der Waals surface area (Å²) in [5.41, 5.74) is 8.19. The molecule has 0 saturated heterocycles. The molecule has 0 bridgehead atoms. The fourth-order valence-electron chi connectivity index (χ4n) is 8.13. The number of aryl methyl sites for hydroxylation is 1. The second-order valence-electron chi connectivity index (χ2n) is 17.5. The molecule has 2 atom stereocenters. The highest BCUT2D eigenvalue weighted by Crippen LogP contribution is 2.43. The van der Waals surface area contributed by atoms with Crippen LogP contribution in [0.5, 0.6) is 0 Å². The van der Waals surface area contributed by atoms with E-state index < -0.39 is 19.7 Å². The van der Waals surface area contributed by atoms with Crippen molar-refractivity contribution in [3.05, 3.63) is 30.1 Å². The number of hydrogen-bond donors (Lipinski definition) is 2. The van der Waals surface area contributed by atoms with Gasteiger partial charge in [-0.3, -0.25) is 14.2 Å². The zero-order valence-electron chi connectivity index (χ0n) is 39.6. The van der Waals surface area contributed by atoms with Crippen LogP contribution >= 0.6 is 7.60 Å². The quantitative estimate of drug-likeness (QED) is 0.0317. The number of benzene rings is 1. The van der Waals surface area contributed by atoms with Crippen LogP contribution in [0.3, 0.4) is 0 Å². The SMILES string of the molecule is CCCCCCCCCCCCCCCC(=O)OCC(COP(=O)(O)CCn1c(COCC)nc2c(N)nc3ccccc3c21)OC(=O)CCCCCCCCCCCCCCC. The van der Waals surface area contributed by atoms with Crippen molar-refractivity contribution in [2.24, 2.45) is 0 Å². The smallest absolute Gasteiger partial charge is 0.330 e. The first-order valence-corrected chi connectivity index (χ1v) is 26.9. The zero-order chi connectivity index (χ0) is 45.4. The fourth-order valence-corrected chi connectivity index (χ4v) is 9.11. The highest BCUT2D eigenvalue weighted by atomic mass is 31.2. The number of carbonyl (C=O) groups is 2. The van der Waals surface area contributed by atoms with E-state index in [2.05, 4.69) is 18.8 Å². The third-order valence-electron chi connectivity index (χ3n) is 11.9. The van der Waals surface area contributed by atoms with E-state index in [1.165, 1.54) is 122 Å².